The summed E-state index contributed by atoms with van der Waals surface area (Å²) in [6, 6.07) is 14.4. The van der Waals surface area contributed by atoms with Crippen LogP contribution in [0.5, 0.6) is 0 Å². The predicted octanol–water partition coefficient (Wildman–Crippen LogP) is 5.61. The molecule has 6 heterocycles. The first-order chi connectivity index (χ1) is 19.0. The van der Waals surface area contributed by atoms with Gasteiger partial charge in [0.2, 0.25) is 0 Å². The van der Waals surface area contributed by atoms with Gasteiger partial charge in [-0.25, -0.2) is 0 Å². The van der Waals surface area contributed by atoms with Crippen molar-refractivity contribution >= 4 is 15.2 Å². The topological polar surface area (TPSA) is 123 Å². The number of nitrogens with zero attached hydrogens (tertiary/aromatic N) is 4. The Balaban J connectivity index is 1.22. The summed E-state index contributed by atoms with van der Waals surface area (Å²) in [6.07, 6.45) is 13.2. The summed E-state index contributed by atoms with van der Waals surface area (Å²) in [5, 5.41) is 0. The summed E-state index contributed by atoms with van der Waals surface area (Å²) in [7, 11) is -7.37. The molecule has 0 saturated carbocycles. The van der Waals surface area contributed by atoms with E-state index < -0.39 is 31.9 Å². The Kier molecular flexibility index (Phi) is 7.25. The molecule has 12 heteroatoms. The van der Waals surface area contributed by atoms with Gasteiger partial charge < -0.3 is 18.1 Å². The van der Waals surface area contributed by atoms with Crippen LogP contribution in [0.3, 0.4) is 0 Å². The van der Waals surface area contributed by atoms with Gasteiger partial charge in [0.15, 0.2) is 0 Å². The zero-order chi connectivity index (χ0) is 26.8. The highest BCUT2D eigenvalue weighted by Gasteiger charge is 2.53. The largest absolute Gasteiger partial charge is 0.342 e. The van der Waals surface area contributed by atoms with E-state index in [1.54, 1.807) is 73.8 Å². The minimum Gasteiger partial charge on any atom is -0.307 e. The zero-order valence-corrected chi connectivity index (χ0v) is 22.6. The molecule has 4 aromatic rings. The SMILES string of the molecule is O=P1(C(c2cccnc2)c2cccnc2)OCC2(CO1)COP(=O)(C(c1cccnc1)c1cccnc1)OC2. The van der Waals surface area contributed by atoms with Gasteiger partial charge in [-0.15, -0.1) is 0 Å². The number of pyridine rings is 4. The van der Waals surface area contributed by atoms with Gasteiger partial charge >= 0.3 is 15.2 Å². The van der Waals surface area contributed by atoms with E-state index in [1.807, 2.05) is 24.3 Å². The highest BCUT2D eigenvalue weighted by Crippen LogP contribution is 2.70. The van der Waals surface area contributed by atoms with Crippen molar-refractivity contribution in [1.29, 1.82) is 0 Å². The minimum absolute atomic E-state index is 0.0474. The molecule has 10 nitrogen and oxygen atoms in total. The molecule has 39 heavy (non-hydrogen) atoms. The molecule has 4 aromatic heterocycles. The first kappa shape index (κ1) is 26.1. The molecular formula is C27H26N4O6P2. The molecule has 0 aromatic carbocycles. The molecule has 2 aliphatic rings. The summed E-state index contributed by atoms with van der Waals surface area (Å²) >= 11 is 0. The molecule has 2 saturated heterocycles. The molecule has 0 amide bonds. The maximum Gasteiger partial charge on any atom is 0.342 e. The lowest BCUT2D eigenvalue weighted by Crippen LogP contribution is -2.46. The maximum absolute atomic E-state index is 14.1. The molecule has 0 atom stereocenters. The van der Waals surface area contributed by atoms with E-state index >= 15 is 0 Å². The minimum atomic E-state index is -3.68. The Morgan fingerprint density at radius 2 is 0.821 bits per heavy atom. The standard InChI is InChI=1S/C27H26N4O6P2/c32-38(25(21-5-1-9-28-13-21)22-6-2-10-29-14-22)34-17-27(18-35-38)19-36-39(33,37-20-27)26(23-7-3-11-30-15-23)24-8-4-12-31-16-24/h1-16,25-26H,17-20H2. The fourth-order valence-corrected chi connectivity index (χ4v) is 9.43. The third-order valence-electron chi connectivity index (χ3n) is 6.84. The van der Waals surface area contributed by atoms with Crippen LogP contribution in [0.4, 0.5) is 0 Å². The van der Waals surface area contributed by atoms with Crippen LogP contribution in [0.2, 0.25) is 0 Å². The number of aromatic nitrogens is 4. The fourth-order valence-electron chi connectivity index (χ4n) is 4.80. The van der Waals surface area contributed by atoms with Gasteiger partial charge in [0.05, 0.1) is 31.8 Å². The van der Waals surface area contributed by atoms with E-state index in [1.165, 1.54) is 0 Å². The number of hydrogen-bond acceptors (Lipinski definition) is 10. The van der Waals surface area contributed by atoms with Crippen LogP contribution in [-0.4, -0.2) is 46.4 Å². The van der Waals surface area contributed by atoms with E-state index in [0.29, 0.717) is 22.3 Å². The second kappa shape index (κ2) is 10.8. The number of rotatable bonds is 6. The van der Waals surface area contributed by atoms with Crippen molar-refractivity contribution in [1.82, 2.24) is 19.9 Å². The predicted molar refractivity (Wildman–Crippen MR) is 142 cm³/mol. The molecule has 1 spiro atoms. The summed E-state index contributed by atoms with van der Waals surface area (Å²) in [6.45, 7) is 0.189. The Hall–Kier alpha value is -3.10. The third kappa shape index (κ3) is 5.24. The maximum atomic E-state index is 14.1. The van der Waals surface area contributed by atoms with Gasteiger partial charge in [-0.2, -0.15) is 0 Å². The first-order valence-electron chi connectivity index (χ1n) is 12.4. The first-order valence-corrected chi connectivity index (χ1v) is 15.6. The molecule has 2 fully saturated rings. The van der Waals surface area contributed by atoms with Crippen molar-refractivity contribution in [3.05, 3.63) is 120 Å². The average Bonchev–Trinajstić information content (AvgIpc) is 2.99. The quantitative estimate of drug-likeness (QED) is 0.273. The molecular weight excluding hydrogens is 538 g/mol. The van der Waals surface area contributed by atoms with E-state index in [9.17, 15) is 9.13 Å². The summed E-state index contributed by atoms with van der Waals surface area (Å²) < 4.78 is 52.4. The van der Waals surface area contributed by atoms with Crippen LogP contribution in [-0.2, 0) is 27.2 Å². The van der Waals surface area contributed by atoms with Crippen molar-refractivity contribution in [2.75, 3.05) is 26.4 Å². The van der Waals surface area contributed by atoms with Crippen LogP contribution >= 0.6 is 15.2 Å². The second-order valence-electron chi connectivity index (χ2n) is 9.62. The van der Waals surface area contributed by atoms with Crippen molar-refractivity contribution in [2.24, 2.45) is 5.41 Å². The van der Waals surface area contributed by atoms with Gasteiger partial charge in [-0.1, -0.05) is 24.3 Å². The molecule has 0 radical (unpaired) electrons. The van der Waals surface area contributed by atoms with Crippen LogP contribution in [0.25, 0.3) is 0 Å². The molecule has 200 valence electrons. The van der Waals surface area contributed by atoms with E-state index in [0.717, 1.165) is 0 Å². The summed E-state index contributed by atoms with van der Waals surface area (Å²) in [5.74, 6) is 0. The zero-order valence-electron chi connectivity index (χ0n) is 20.9. The lowest BCUT2D eigenvalue weighted by Gasteiger charge is -2.45. The normalized spacial score (nSPS) is 27.1. The Labute approximate surface area is 225 Å². The number of hydrogen-bond donors (Lipinski definition) is 0. The van der Waals surface area contributed by atoms with Crippen molar-refractivity contribution in [2.45, 2.75) is 11.3 Å². The van der Waals surface area contributed by atoms with Crippen LogP contribution < -0.4 is 0 Å². The molecule has 0 aliphatic carbocycles. The van der Waals surface area contributed by atoms with Crippen molar-refractivity contribution in [3.63, 3.8) is 0 Å². The highest BCUT2D eigenvalue weighted by molar-refractivity contribution is 7.55. The molecule has 2 aliphatic heterocycles. The highest BCUT2D eigenvalue weighted by atomic mass is 31.2. The summed E-state index contributed by atoms with van der Waals surface area (Å²) in [5.41, 5.74) is 0.610. The van der Waals surface area contributed by atoms with Gasteiger partial charge in [0.25, 0.3) is 0 Å². The monoisotopic (exact) mass is 564 g/mol. The Morgan fingerprint density at radius 1 is 0.538 bits per heavy atom. The smallest absolute Gasteiger partial charge is 0.307 e. The lowest BCUT2D eigenvalue weighted by molar-refractivity contribution is -0.0703. The van der Waals surface area contributed by atoms with Crippen LogP contribution in [0, 0.1) is 5.41 Å². The fraction of sp³-hybridized carbons (Fsp3) is 0.259. The molecule has 6 rings (SSSR count). The van der Waals surface area contributed by atoms with Gasteiger partial charge in [0.1, 0.15) is 11.3 Å². The van der Waals surface area contributed by atoms with Gasteiger partial charge in [-0.3, -0.25) is 29.1 Å². The van der Waals surface area contributed by atoms with E-state index in [4.69, 9.17) is 18.1 Å². The molecule has 0 unspecified atom stereocenters. The Morgan fingerprint density at radius 3 is 1.05 bits per heavy atom. The molecule has 0 N–H and O–H groups in total. The van der Waals surface area contributed by atoms with Crippen molar-refractivity contribution < 1.29 is 27.2 Å². The van der Waals surface area contributed by atoms with Gasteiger partial charge in [-0.05, 0) is 46.5 Å². The average molecular weight is 564 g/mol. The molecule has 0 bridgehead atoms. The van der Waals surface area contributed by atoms with E-state index in [2.05, 4.69) is 19.9 Å². The second-order valence-corrected chi connectivity index (χ2v) is 13.8. The lowest BCUT2D eigenvalue weighted by atomic mass is 9.93. The van der Waals surface area contributed by atoms with Gasteiger partial charge in [0, 0.05) is 49.6 Å². The Bertz CT molecular complexity index is 1280. The van der Waals surface area contributed by atoms with Crippen molar-refractivity contribution in [3.8, 4) is 0 Å². The van der Waals surface area contributed by atoms with Crippen LogP contribution in [0.15, 0.2) is 98.1 Å². The van der Waals surface area contributed by atoms with Crippen LogP contribution in [0.1, 0.15) is 33.6 Å². The summed E-state index contributed by atoms with van der Waals surface area (Å²) in [4.78, 5) is 16.8. The third-order valence-corrected chi connectivity index (χ3v) is 11.2. The van der Waals surface area contributed by atoms with E-state index in [-0.39, 0.29) is 26.4 Å².